The third kappa shape index (κ3) is 4.74. The molecule has 0 saturated carbocycles. The molecule has 0 aliphatic carbocycles. The van der Waals surface area contributed by atoms with E-state index in [1.807, 2.05) is 0 Å². The van der Waals surface area contributed by atoms with Crippen LogP contribution in [0.1, 0.15) is 22.3 Å². The second-order valence-corrected chi connectivity index (χ2v) is 14.6. The molecule has 0 fully saturated rings. The molecule has 0 aromatic heterocycles. The van der Waals surface area contributed by atoms with Crippen LogP contribution in [0.25, 0.3) is 32.7 Å². The zero-order valence-corrected chi connectivity index (χ0v) is 25.6. The van der Waals surface area contributed by atoms with E-state index < -0.39 is 8.80 Å². The molecule has 0 aliphatic heterocycles. The van der Waals surface area contributed by atoms with Crippen molar-refractivity contribution in [2.45, 2.75) is 40.8 Å². The molecular weight excluding hydrogens is 499 g/mol. The van der Waals surface area contributed by atoms with E-state index in [1.54, 1.807) is 0 Å². The summed E-state index contributed by atoms with van der Waals surface area (Å²) in [5.74, 6) is 0. The van der Waals surface area contributed by atoms with Crippen LogP contribution in [0.3, 0.4) is 0 Å². The maximum Gasteiger partial charge on any atom is 0.0648 e. The zero-order valence-electron chi connectivity index (χ0n) is 24.4. The minimum Gasteiger partial charge on any atom is -0.309 e. The first-order valence-corrected chi connectivity index (χ1v) is 17.2. The number of fused-ring (bicyclic) bond motifs is 2. The monoisotopic (exact) mass is 535 g/mol. The van der Waals surface area contributed by atoms with Gasteiger partial charge >= 0.3 is 0 Å². The van der Waals surface area contributed by atoms with Gasteiger partial charge < -0.3 is 4.90 Å². The van der Waals surface area contributed by atoms with Crippen molar-refractivity contribution in [1.82, 2.24) is 0 Å². The van der Waals surface area contributed by atoms with Gasteiger partial charge in [0.2, 0.25) is 0 Å². The highest BCUT2D eigenvalue weighted by atomic mass is 28.3. The number of aryl methyl sites for hydroxylation is 4. The molecule has 0 amide bonds. The van der Waals surface area contributed by atoms with Crippen LogP contribution in [0, 0.1) is 27.7 Å². The smallest absolute Gasteiger partial charge is 0.0648 e. The zero-order chi connectivity index (χ0) is 28.0. The molecule has 40 heavy (non-hydrogen) atoms. The van der Waals surface area contributed by atoms with Crippen molar-refractivity contribution in [3.63, 3.8) is 0 Å². The summed E-state index contributed by atoms with van der Waals surface area (Å²) in [5.41, 5.74) is 11.4. The van der Waals surface area contributed by atoms with E-state index in [1.165, 1.54) is 77.2 Å². The number of nitrogens with zero attached hydrogens (tertiary/aromatic N) is 1. The summed E-state index contributed by atoms with van der Waals surface area (Å²) in [7, 11) is -1.01. The van der Waals surface area contributed by atoms with Crippen LogP contribution in [-0.2, 0) is 0 Å². The number of anilines is 3. The average Bonchev–Trinajstić information content (AvgIpc) is 2.94. The highest BCUT2D eigenvalue weighted by Gasteiger charge is 2.22. The molecule has 0 saturated heterocycles. The van der Waals surface area contributed by atoms with Crippen LogP contribution in [0.5, 0.6) is 0 Å². The molecule has 0 atom stereocenters. The predicted molar refractivity (Wildman–Crippen MR) is 179 cm³/mol. The second-order valence-electron chi connectivity index (χ2n) is 11.6. The van der Waals surface area contributed by atoms with Crippen molar-refractivity contribution >= 4 is 52.6 Å². The largest absolute Gasteiger partial charge is 0.309 e. The molecule has 2 heteroatoms. The highest BCUT2D eigenvalue weighted by molar-refractivity contribution is 6.70. The lowest BCUT2D eigenvalue weighted by Gasteiger charge is -2.31. The lowest BCUT2D eigenvalue weighted by atomic mass is 9.91. The van der Waals surface area contributed by atoms with E-state index in [2.05, 4.69) is 155 Å². The Morgan fingerprint density at radius 3 is 1.73 bits per heavy atom. The maximum atomic E-state index is 2.53. The third-order valence-corrected chi connectivity index (χ3v) is 9.74. The van der Waals surface area contributed by atoms with Crippen LogP contribution >= 0.6 is 0 Å². The van der Waals surface area contributed by atoms with Crippen molar-refractivity contribution < 1.29 is 0 Å². The molecule has 0 bridgehead atoms. The van der Waals surface area contributed by atoms with Crippen molar-refractivity contribution in [1.29, 1.82) is 0 Å². The third-order valence-electron chi connectivity index (χ3n) is 8.07. The van der Waals surface area contributed by atoms with Gasteiger partial charge in [-0.2, -0.15) is 0 Å². The molecule has 1 nitrogen and oxygen atoms in total. The summed E-state index contributed by atoms with van der Waals surface area (Å²) in [5, 5.41) is 6.66. The SMILES string of the molecule is Cc1cc(C)cc(N(c2cc(C)cc([SiH](C)C)c2)c2c3ccccc3c(C)c3cc(-c4ccccc4)ccc23)c1. The summed E-state index contributed by atoms with van der Waals surface area (Å²) in [6.45, 7) is 13.8. The Kier molecular flexibility index (Phi) is 6.81. The summed E-state index contributed by atoms with van der Waals surface area (Å²) >= 11 is 0. The van der Waals surface area contributed by atoms with E-state index in [0.29, 0.717) is 0 Å². The van der Waals surface area contributed by atoms with Gasteiger partial charge in [-0.25, -0.2) is 0 Å². The fourth-order valence-corrected chi connectivity index (χ4v) is 7.26. The Bertz CT molecular complexity index is 1850. The standard InChI is InChI=1S/C38H37NSi/c1-25-18-26(2)20-31(19-25)39(32-21-27(3)22-33(24-32)40(5)6)38-35-15-11-10-14-34(35)28(4)37-23-30(16-17-36(37)38)29-12-8-7-9-13-29/h7-24,40H,1-6H3. The van der Waals surface area contributed by atoms with Crippen molar-refractivity contribution in [3.05, 3.63) is 131 Å². The van der Waals surface area contributed by atoms with Gasteiger partial charge in [-0.05, 0) is 102 Å². The van der Waals surface area contributed by atoms with Gasteiger partial charge in [0.05, 0.1) is 14.5 Å². The Morgan fingerprint density at radius 1 is 0.475 bits per heavy atom. The summed E-state index contributed by atoms with van der Waals surface area (Å²) in [4.78, 5) is 2.53. The number of rotatable bonds is 5. The van der Waals surface area contributed by atoms with Gasteiger partial charge in [-0.1, -0.05) is 97.1 Å². The van der Waals surface area contributed by atoms with Gasteiger partial charge in [-0.15, -0.1) is 0 Å². The molecule has 0 unspecified atom stereocenters. The molecule has 0 N–H and O–H groups in total. The fraction of sp³-hybridized carbons (Fsp3) is 0.158. The Hall–Kier alpha value is -4.14. The molecule has 0 heterocycles. The second kappa shape index (κ2) is 10.4. The molecule has 198 valence electrons. The van der Waals surface area contributed by atoms with E-state index in [4.69, 9.17) is 0 Å². The van der Waals surface area contributed by atoms with E-state index >= 15 is 0 Å². The summed E-state index contributed by atoms with van der Waals surface area (Å²) in [6.07, 6.45) is 0. The van der Waals surface area contributed by atoms with E-state index in [9.17, 15) is 0 Å². The van der Waals surface area contributed by atoms with Gasteiger partial charge in [0.1, 0.15) is 0 Å². The molecule has 6 aromatic carbocycles. The number of benzene rings is 6. The first-order chi connectivity index (χ1) is 19.3. The van der Waals surface area contributed by atoms with Crippen LogP contribution in [0.2, 0.25) is 13.1 Å². The molecular formula is C38H37NSi. The molecule has 6 rings (SSSR count). The Balaban J connectivity index is 1.74. The lowest BCUT2D eigenvalue weighted by molar-refractivity contribution is 1.26. The van der Waals surface area contributed by atoms with Crippen LogP contribution in [-0.4, -0.2) is 8.80 Å². The fourth-order valence-electron chi connectivity index (χ4n) is 6.16. The maximum absolute atomic E-state index is 2.53. The van der Waals surface area contributed by atoms with Gasteiger partial charge in [-0.3, -0.25) is 0 Å². The Labute approximate surface area is 240 Å². The van der Waals surface area contributed by atoms with E-state index in [0.717, 1.165) is 0 Å². The summed E-state index contributed by atoms with van der Waals surface area (Å²) < 4.78 is 0. The van der Waals surface area contributed by atoms with Crippen LogP contribution in [0.15, 0.2) is 109 Å². The predicted octanol–water partition coefficient (Wildman–Crippen LogP) is 10.1. The van der Waals surface area contributed by atoms with Gasteiger partial charge in [0.25, 0.3) is 0 Å². The quantitative estimate of drug-likeness (QED) is 0.157. The molecule has 0 radical (unpaired) electrons. The topological polar surface area (TPSA) is 3.24 Å². The molecule has 6 aromatic rings. The summed E-state index contributed by atoms with van der Waals surface area (Å²) in [6, 6.07) is 40.8. The van der Waals surface area contributed by atoms with Crippen molar-refractivity contribution in [2.75, 3.05) is 4.90 Å². The minimum absolute atomic E-state index is 1.01. The number of hydrogen-bond donors (Lipinski definition) is 0. The lowest BCUT2D eigenvalue weighted by Crippen LogP contribution is -2.24. The number of hydrogen-bond acceptors (Lipinski definition) is 1. The van der Waals surface area contributed by atoms with E-state index in [-0.39, 0.29) is 0 Å². The Morgan fingerprint density at radius 2 is 1.05 bits per heavy atom. The van der Waals surface area contributed by atoms with Crippen LogP contribution < -0.4 is 10.1 Å². The normalized spacial score (nSPS) is 11.5. The first kappa shape index (κ1) is 26.1. The van der Waals surface area contributed by atoms with Crippen LogP contribution in [0.4, 0.5) is 17.1 Å². The first-order valence-electron chi connectivity index (χ1n) is 14.3. The van der Waals surface area contributed by atoms with Gasteiger partial charge in [0, 0.05) is 22.1 Å². The van der Waals surface area contributed by atoms with Crippen molar-refractivity contribution in [3.8, 4) is 11.1 Å². The minimum atomic E-state index is -1.01. The molecule has 0 aliphatic rings. The highest BCUT2D eigenvalue weighted by Crippen LogP contribution is 2.46. The molecule has 0 spiro atoms. The average molecular weight is 536 g/mol. The van der Waals surface area contributed by atoms with Gasteiger partial charge in [0.15, 0.2) is 0 Å². The van der Waals surface area contributed by atoms with Crippen molar-refractivity contribution in [2.24, 2.45) is 0 Å².